The van der Waals surface area contributed by atoms with Gasteiger partial charge < -0.3 is 10.1 Å². The van der Waals surface area contributed by atoms with Crippen LogP contribution >= 0.6 is 11.6 Å². The Kier molecular flexibility index (Phi) is 4.98. The van der Waals surface area contributed by atoms with Crippen LogP contribution in [0.3, 0.4) is 0 Å². The van der Waals surface area contributed by atoms with Gasteiger partial charge in [-0.1, -0.05) is 23.7 Å². The summed E-state index contributed by atoms with van der Waals surface area (Å²) in [5.74, 6) is -0.162. The largest absolute Gasteiger partial charge is 0.375 e. The van der Waals surface area contributed by atoms with Gasteiger partial charge in [-0.15, -0.1) is 0 Å². The number of methoxy groups -OCH3 is 1. The molecule has 1 aromatic carbocycles. The summed E-state index contributed by atoms with van der Waals surface area (Å²) in [5.41, 5.74) is 2.32. The first-order chi connectivity index (χ1) is 10.0. The third kappa shape index (κ3) is 3.62. The summed E-state index contributed by atoms with van der Waals surface area (Å²) in [5, 5.41) is 7.57. The van der Waals surface area contributed by atoms with Gasteiger partial charge in [0.1, 0.15) is 0 Å². The molecule has 1 unspecified atom stereocenters. The Morgan fingerprint density at radius 1 is 1.52 bits per heavy atom. The van der Waals surface area contributed by atoms with Crippen LogP contribution in [0.2, 0.25) is 5.02 Å². The zero-order valence-electron chi connectivity index (χ0n) is 12.3. The standard InChI is InChI=1S/C15H18ClN3O2/c1-10-13(8-18-19(10)2)15(20)17-9-14(21-3)11-5-4-6-12(16)7-11/h4-8,14H,9H2,1-3H3,(H,17,20). The smallest absolute Gasteiger partial charge is 0.254 e. The number of nitrogens with one attached hydrogen (secondary N) is 1. The Bertz CT molecular complexity index is 640. The van der Waals surface area contributed by atoms with Crippen molar-refractivity contribution in [2.45, 2.75) is 13.0 Å². The summed E-state index contributed by atoms with van der Waals surface area (Å²) < 4.78 is 7.09. The monoisotopic (exact) mass is 307 g/mol. The van der Waals surface area contributed by atoms with Gasteiger partial charge in [0.25, 0.3) is 5.91 Å². The van der Waals surface area contributed by atoms with Crippen molar-refractivity contribution in [3.05, 3.63) is 52.3 Å². The van der Waals surface area contributed by atoms with Crippen LogP contribution in [-0.2, 0) is 11.8 Å². The molecule has 2 rings (SSSR count). The molecule has 0 spiro atoms. The van der Waals surface area contributed by atoms with E-state index in [0.29, 0.717) is 17.1 Å². The van der Waals surface area contributed by atoms with Crippen molar-refractivity contribution in [1.82, 2.24) is 15.1 Å². The number of carbonyl (C=O) groups is 1. The first-order valence-corrected chi connectivity index (χ1v) is 6.95. The van der Waals surface area contributed by atoms with Crippen LogP contribution in [0.15, 0.2) is 30.5 Å². The molecule has 0 fully saturated rings. The molecule has 5 nitrogen and oxygen atoms in total. The maximum absolute atomic E-state index is 12.2. The van der Waals surface area contributed by atoms with E-state index < -0.39 is 0 Å². The minimum Gasteiger partial charge on any atom is -0.375 e. The summed E-state index contributed by atoms with van der Waals surface area (Å²) >= 11 is 5.97. The maximum Gasteiger partial charge on any atom is 0.254 e. The lowest BCUT2D eigenvalue weighted by Gasteiger charge is -2.16. The van der Waals surface area contributed by atoms with Crippen LogP contribution in [0.5, 0.6) is 0 Å². The van der Waals surface area contributed by atoms with Crippen LogP contribution in [0.4, 0.5) is 0 Å². The number of hydrogen-bond donors (Lipinski definition) is 1. The summed E-state index contributed by atoms with van der Waals surface area (Å²) in [7, 11) is 3.41. The van der Waals surface area contributed by atoms with E-state index in [9.17, 15) is 4.79 Å². The molecule has 6 heteroatoms. The number of halogens is 1. The molecule has 0 saturated carbocycles. The highest BCUT2D eigenvalue weighted by Gasteiger charge is 2.16. The van der Waals surface area contributed by atoms with E-state index in [1.807, 2.05) is 25.1 Å². The molecule has 0 bridgehead atoms. The number of benzene rings is 1. The Morgan fingerprint density at radius 3 is 2.86 bits per heavy atom. The molecule has 0 aliphatic heterocycles. The molecule has 0 aliphatic rings. The van der Waals surface area contributed by atoms with Gasteiger partial charge in [0.15, 0.2) is 0 Å². The van der Waals surface area contributed by atoms with Crippen molar-refractivity contribution < 1.29 is 9.53 Å². The Balaban J connectivity index is 2.03. The van der Waals surface area contributed by atoms with Crippen molar-refractivity contribution >= 4 is 17.5 Å². The van der Waals surface area contributed by atoms with Gasteiger partial charge >= 0.3 is 0 Å². The molecule has 1 amide bonds. The number of aryl methyl sites for hydroxylation is 1. The average Bonchev–Trinajstić information content (AvgIpc) is 2.79. The zero-order chi connectivity index (χ0) is 15.4. The van der Waals surface area contributed by atoms with Crippen LogP contribution in [-0.4, -0.2) is 29.3 Å². The third-order valence-corrected chi connectivity index (χ3v) is 3.67. The van der Waals surface area contributed by atoms with Gasteiger partial charge in [-0.05, 0) is 24.6 Å². The Morgan fingerprint density at radius 2 is 2.29 bits per heavy atom. The molecular formula is C15H18ClN3O2. The number of aromatic nitrogens is 2. The van der Waals surface area contributed by atoms with E-state index in [1.54, 1.807) is 31.1 Å². The second-order valence-electron chi connectivity index (χ2n) is 4.76. The zero-order valence-corrected chi connectivity index (χ0v) is 13.0. The summed E-state index contributed by atoms with van der Waals surface area (Å²) in [6.07, 6.45) is 1.32. The van der Waals surface area contributed by atoms with E-state index in [2.05, 4.69) is 10.4 Å². The van der Waals surface area contributed by atoms with Crippen molar-refractivity contribution in [3.63, 3.8) is 0 Å². The highest BCUT2D eigenvalue weighted by Crippen LogP contribution is 2.20. The quantitative estimate of drug-likeness (QED) is 0.923. The van der Waals surface area contributed by atoms with Gasteiger partial charge in [0.05, 0.1) is 17.9 Å². The molecule has 21 heavy (non-hydrogen) atoms. The second kappa shape index (κ2) is 6.74. The third-order valence-electron chi connectivity index (χ3n) is 3.43. The molecule has 0 radical (unpaired) electrons. The van der Waals surface area contributed by atoms with E-state index >= 15 is 0 Å². The fourth-order valence-electron chi connectivity index (χ4n) is 2.05. The van der Waals surface area contributed by atoms with E-state index in [4.69, 9.17) is 16.3 Å². The highest BCUT2D eigenvalue weighted by molar-refractivity contribution is 6.30. The number of amides is 1. The molecule has 0 aliphatic carbocycles. The minimum atomic E-state index is -0.246. The van der Waals surface area contributed by atoms with Gasteiger partial charge in [-0.3, -0.25) is 9.48 Å². The van der Waals surface area contributed by atoms with E-state index in [-0.39, 0.29) is 12.0 Å². The van der Waals surface area contributed by atoms with Crippen LogP contribution < -0.4 is 5.32 Å². The van der Waals surface area contributed by atoms with Crippen LogP contribution in [0.1, 0.15) is 27.7 Å². The Labute approximate surface area is 128 Å². The fourth-order valence-corrected chi connectivity index (χ4v) is 2.25. The van der Waals surface area contributed by atoms with E-state index in [1.165, 1.54) is 0 Å². The lowest BCUT2D eigenvalue weighted by atomic mass is 10.1. The van der Waals surface area contributed by atoms with Crippen molar-refractivity contribution in [2.75, 3.05) is 13.7 Å². The molecular weight excluding hydrogens is 290 g/mol. The average molecular weight is 308 g/mol. The number of ether oxygens (including phenoxy) is 1. The summed E-state index contributed by atoms with van der Waals surface area (Å²) in [6.45, 7) is 2.22. The maximum atomic E-state index is 12.2. The predicted molar refractivity (Wildman–Crippen MR) is 81.5 cm³/mol. The van der Waals surface area contributed by atoms with Gasteiger partial charge in [0, 0.05) is 31.4 Å². The molecule has 0 saturated heterocycles. The van der Waals surface area contributed by atoms with Crippen molar-refractivity contribution in [1.29, 1.82) is 0 Å². The van der Waals surface area contributed by atoms with Crippen molar-refractivity contribution in [3.8, 4) is 0 Å². The van der Waals surface area contributed by atoms with Gasteiger partial charge in [-0.2, -0.15) is 5.10 Å². The predicted octanol–water partition coefficient (Wildman–Crippen LogP) is 2.50. The van der Waals surface area contributed by atoms with Crippen molar-refractivity contribution in [2.24, 2.45) is 7.05 Å². The molecule has 112 valence electrons. The minimum absolute atomic E-state index is 0.162. The van der Waals surface area contributed by atoms with Gasteiger partial charge in [-0.25, -0.2) is 0 Å². The lowest BCUT2D eigenvalue weighted by molar-refractivity contribution is 0.0827. The molecule has 1 aromatic heterocycles. The second-order valence-corrected chi connectivity index (χ2v) is 5.19. The van der Waals surface area contributed by atoms with E-state index in [0.717, 1.165) is 11.3 Å². The summed E-state index contributed by atoms with van der Waals surface area (Å²) in [6, 6.07) is 7.41. The Hall–Kier alpha value is -1.85. The number of hydrogen-bond acceptors (Lipinski definition) is 3. The molecule has 1 heterocycles. The number of rotatable bonds is 5. The summed E-state index contributed by atoms with van der Waals surface area (Å²) in [4.78, 5) is 12.2. The van der Waals surface area contributed by atoms with Crippen LogP contribution in [0, 0.1) is 6.92 Å². The molecule has 1 atom stereocenters. The first kappa shape index (κ1) is 15.5. The number of nitrogens with zero attached hydrogens (tertiary/aromatic N) is 2. The normalized spacial score (nSPS) is 12.2. The van der Waals surface area contributed by atoms with Gasteiger partial charge in [0.2, 0.25) is 0 Å². The molecule has 2 aromatic rings. The highest BCUT2D eigenvalue weighted by atomic mass is 35.5. The fraction of sp³-hybridized carbons (Fsp3) is 0.333. The number of carbonyl (C=O) groups excluding carboxylic acids is 1. The first-order valence-electron chi connectivity index (χ1n) is 6.58. The SMILES string of the molecule is COC(CNC(=O)c1cnn(C)c1C)c1cccc(Cl)c1. The molecule has 1 N–H and O–H groups in total. The topological polar surface area (TPSA) is 56.1 Å². The van der Waals surface area contributed by atoms with Crippen LogP contribution in [0.25, 0.3) is 0 Å². The lowest BCUT2D eigenvalue weighted by Crippen LogP contribution is -2.29.